The molecule has 3 aromatic rings. The lowest BCUT2D eigenvalue weighted by atomic mass is 9.95. The molecule has 1 aromatic heterocycles. The maximum Gasteiger partial charge on any atom is 0.322 e. The highest BCUT2D eigenvalue weighted by molar-refractivity contribution is 6.30. The first-order valence-corrected chi connectivity index (χ1v) is 13.7. The summed E-state index contributed by atoms with van der Waals surface area (Å²) >= 11 is 6.14. The Hall–Kier alpha value is -4.18. The molecule has 3 heterocycles. The van der Waals surface area contributed by atoms with E-state index in [1.54, 1.807) is 66.2 Å². The van der Waals surface area contributed by atoms with E-state index in [2.05, 4.69) is 10.3 Å². The van der Waals surface area contributed by atoms with Gasteiger partial charge in [-0.25, -0.2) is 9.18 Å². The summed E-state index contributed by atoms with van der Waals surface area (Å²) in [6.45, 7) is 4.09. The lowest BCUT2D eigenvalue weighted by Crippen LogP contribution is -2.54. The van der Waals surface area contributed by atoms with Gasteiger partial charge in [-0.3, -0.25) is 19.5 Å². The van der Waals surface area contributed by atoms with Gasteiger partial charge >= 0.3 is 12.0 Å². The van der Waals surface area contributed by atoms with Crippen LogP contribution in [0.3, 0.4) is 0 Å². The number of nitrogens with zero attached hydrogens (tertiary/aromatic N) is 3. The largest absolute Gasteiger partial charge is 0.492 e. The zero-order valence-corrected chi connectivity index (χ0v) is 23.4. The molecule has 0 unspecified atom stereocenters. The molecule has 3 amide bonds. The minimum Gasteiger partial charge on any atom is -0.492 e. The number of likely N-dealkylation sites (tertiary alicyclic amines) is 1. The van der Waals surface area contributed by atoms with Crippen molar-refractivity contribution in [3.05, 3.63) is 76.8 Å². The van der Waals surface area contributed by atoms with Crippen LogP contribution in [0.5, 0.6) is 5.75 Å². The predicted octanol–water partition coefficient (Wildman–Crippen LogP) is 5.37. The number of carboxylic acids is 1. The molecule has 0 spiro atoms. The van der Waals surface area contributed by atoms with Gasteiger partial charge in [-0.1, -0.05) is 35.9 Å². The SMILES string of the molecule is CC(C)(COc1ccccc1-c1ccc(C(=O)N2CCC(N3C(=O)NCc4ncc(Cl)cc43)CC2)c(F)c1)C(=O)O. The number of benzene rings is 2. The van der Waals surface area contributed by atoms with Crippen molar-refractivity contribution in [2.45, 2.75) is 39.3 Å². The van der Waals surface area contributed by atoms with E-state index in [1.165, 1.54) is 12.1 Å². The number of pyridine rings is 1. The van der Waals surface area contributed by atoms with Crippen LogP contribution in [0, 0.1) is 11.2 Å². The molecule has 2 aliphatic rings. The third kappa shape index (κ3) is 5.83. The monoisotopic (exact) mass is 580 g/mol. The van der Waals surface area contributed by atoms with Crippen LogP contribution in [-0.4, -0.2) is 58.6 Å². The van der Waals surface area contributed by atoms with Crippen molar-refractivity contribution in [2.75, 3.05) is 24.6 Å². The van der Waals surface area contributed by atoms with Crippen LogP contribution in [0.25, 0.3) is 11.1 Å². The van der Waals surface area contributed by atoms with E-state index in [0.29, 0.717) is 60.1 Å². The minimum atomic E-state index is -1.10. The Labute approximate surface area is 241 Å². The summed E-state index contributed by atoms with van der Waals surface area (Å²) in [6.07, 6.45) is 2.58. The van der Waals surface area contributed by atoms with Crippen LogP contribution < -0.4 is 15.0 Å². The minimum absolute atomic E-state index is 0.0466. The number of nitrogens with one attached hydrogen (secondary N) is 1. The quantitative estimate of drug-likeness (QED) is 0.389. The van der Waals surface area contributed by atoms with Crippen LogP contribution in [0.4, 0.5) is 14.9 Å². The van der Waals surface area contributed by atoms with E-state index < -0.39 is 23.1 Å². The van der Waals surface area contributed by atoms with E-state index in [-0.39, 0.29) is 24.2 Å². The standard InChI is InChI=1S/C30H30ClFN4O5/c1-30(2,28(38)39)17-41-26-6-4-3-5-21(26)18-7-8-22(23(32)13-18)27(37)35-11-9-20(10-12-35)36-25-14-19(31)15-33-24(25)16-34-29(36)40/h3-8,13-15,20H,9-12,16-17H2,1-2H3,(H,34,40)(H,38,39). The highest BCUT2D eigenvalue weighted by atomic mass is 35.5. The first-order chi connectivity index (χ1) is 19.5. The third-order valence-corrected chi connectivity index (χ3v) is 7.69. The second kappa shape index (κ2) is 11.4. The van der Waals surface area contributed by atoms with Gasteiger partial charge in [-0.15, -0.1) is 0 Å². The summed E-state index contributed by atoms with van der Waals surface area (Å²) in [4.78, 5) is 45.0. The molecule has 2 aliphatic heterocycles. The molecule has 9 nitrogen and oxygen atoms in total. The predicted molar refractivity (Wildman–Crippen MR) is 152 cm³/mol. The molecule has 1 saturated heterocycles. The van der Waals surface area contributed by atoms with E-state index >= 15 is 4.39 Å². The summed E-state index contributed by atoms with van der Waals surface area (Å²) in [5, 5.41) is 12.7. The van der Waals surface area contributed by atoms with Crippen LogP contribution in [-0.2, 0) is 11.3 Å². The van der Waals surface area contributed by atoms with Crippen molar-refractivity contribution in [3.63, 3.8) is 0 Å². The Balaban J connectivity index is 1.28. The van der Waals surface area contributed by atoms with Crippen molar-refractivity contribution < 1.29 is 28.6 Å². The van der Waals surface area contributed by atoms with Gasteiger partial charge in [0.05, 0.1) is 33.9 Å². The van der Waals surface area contributed by atoms with E-state index in [9.17, 15) is 19.5 Å². The number of carbonyl (C=O) groups excluding carboxylic acids is 2. The second-order valence-corrected chi connectivity index (χ2v) is 11.3. The number of para-hydroxylation sites is 1. The van der Waals surface area contributed by atoms with Gasteiger partial charge in [0.2, 0.25) is 0 Å². The van der Waals surface area contributed by atoms with Crippen molar-refractivity contribution in [2.24, 2.45) is 5.41 Å². The number of aliphatic carboxylic acids is 1. The summed E-state index contributed by atoms with van der Waals surface area (Å²) in [5.41, 5.74) is 1.34. The number of ether oxygens (including phenoxy) is 1. The Bertz CT molecular complexity index is 1510. The van der Waals surface area contributed by atoms with Crippen LogP contribution in [0.2, 0.25) is 5.02 Å². The number of halogens is 2. The van der Waals surface area contributed by atoms with E-state index in [0.717, 1.165) is 5.69 Å². The van der Waals surface area contributed by atoms with E-state index in [1.807, 2.05) is 0 Å². The molecule has 2 aromatic carbocycles. The van der Waals surface area contributed by atoms with Gasteiger partial charge in [0.25, 0.3) is 5.91 Å². The molecule has 214 valence electrons. The fourth-order valence-electron chi connectivity index (χ4n) is 5.02. The zero-order chi connectivity index (χ0) is 29.3. The molecular formula is C30H30ClFN4O5. The van der Waals surface area contributed by atoms with Gasteiger partial charge in [0.15, 0.2) is 0 Å². The van der Waals surface area contributed by atoms with Crippen molar-refractivity contribution >= 4 is 35.2 Å². The number of piperidine rings is 1. The van der Waals surface area contributed by atoms with Crippen molar-refractivity contribution in [1.29, 1.82) is 0 Å². The number of amides is 3. The van der Waals surface area contributed by atoms with Gasteiger partial charge in [0.1, 0.15) is 18.2 Å². The second-order valence-electron chi connectivity index (χ2n) is 10.8. The average Bonchev–Trinajstić information content (AvgIpc) is 2.96. The summed E-state index contributed by atoms with van der Waals surface area (Å²) < 4.78 is 21.1. The summed E-state index contributed by atoms with van der Waals surface area (Å²) in [7, 11) is 0. The Kier molecular flexibility index (Phi) is 7.86. The highest BCUT2D eigenvalue weighted by Gasteiger charge is 2.35. The number of urea groups is 1. The number of carbonyl (C=O) groups is 3. The number of carboxylic acid groups (broad SMARTS) is 1. The fourth-order valence-corrected chi connectivity index (χ4v) is 5.17. The van der Waals surface area contributed by atoms with Crippen LogP contribution in [0.15, 0.2) is 54.7 Å². The van der Waals surface area contributed by atoms with Gasteiger partial charge in [0, 0.05) is 30.9 Å². The number of aromatic nitrogens is 1. The lowest BCUT2D eigenvalue weighted by Gasteiger charge is -2.40. The molecule has 5 rings (SSSR count). The number of fused-ring (bicyclic) bond motifs is 1. The Morgan fingerprint density at radius 2 is 1.90 bits per heavy atom. The smallest absolute Gasteiger partial charge is 0.322 e. The number of anilines is 1. The Morgan fingerprint density at radius 1 is 1.17 bits per heavy atom. The summed E-state index contributed by atoms with van der Waals surface area (Å²) in [6, 6.07) is 12.7. The number of hydrogen-bond donors (Lipinski definition) is 2. The first kappa shape index (κ1) is 28.4. The average molecular weight is 581 g/mol. The van der Waals surface area contributed by atoms with Gasteiger partial charge in [-0.05, 0) is 56.5 Å². The summed E-state index contributed by atoms with van der Waals surface area (Å²) in [5.74, 6) is -1.66. The Morgan fingerprint density at radius 3 is 2.61 bits per heavy atom. The third-order valence-electron chi connectivity index (χ3n) is 7.48. The topological polar surface area (TPSA) is 112 Å². The molecule has 2 N–H and O–H groups in total. The highest BCUT2D eigenvalue weighted by Crippen LogP contribution is 2.34. The van der Waals surface area contributed by atoms with Crippen LogP contribution in [0.1, 0.15) is 42.7 Å². The number of rotatable bonds is 7. The molecule has 1 fully saturated rings. The molecule has 0 radical (unpaired) electrons. The maximum atomic E-state index is 15.3. The molecule has 41 heavy (non-hydrogen) atoms. The zero-order valence-electron chi connectivity index (χ0n) is 22.7. The number of hydrogen-bond acceptors (Lipinski definition) is 5. The van der Waals surface area contributed by atoms with Gasteiger partial charge in [-0.2, -0.15) is 0 Å². The van der Waals surface area contributed by atoms with Crippen molar-refractivity contribution in [1.82, 2.24) is 15.2 Å². The van der Waals surface area contributed by atoms with Crippen LogP contribution >= 0.6 is 11.6 Å². The lowest BCUT2D eigenvalue weighted by molar-refractivity contribution is -0.148. The fraction of sp³-hybridized carbons (Fsp3) is 0.333. The molecule has 0 bridgehead atoms. The maximum absolute atomic E-state index is 15.3. The molecule has 0 saturated carbocycles. The normalized spacial score (nSPS) is 15.8. The molecule has 0 aliphatic carbocycles. The molecule has 11 heteroatoms. The van der Waals surface area contributed by atoms with E-state index in [4.69, 9.17) is 16.3 Å². The molecule has 0 atom stereocenters. The molecular weight excluding hydrogens is 551 g/mol. The van der Waals surface area contributed by atoms with Crippen molar-refractivity contribution in [3.8, 4) is 16.9 Å². The van der Waals surface area contributed by atoms with Gasteiger partial charge < -0.3 is 20.1 Å². The first-order valence-electron chi connectivity index (χ1n) is 13.3.